The van der Waals surface area contributed by atoms with Crippen LogP contribution in [0.25, 0.3) is 0 Å². The number of carbonyl (C=O) groups excluding carboxylic acids is 1. The molecule has 2 aromatic carbocycles. The molecule has 2 aliphatic heterocycles. The van der Waals surface area contributed by atoms with Crippen molar-refractivity contribution < 1.29 is 38.4 Å². The maximum absolute atomic E-state index is 12.0. The molecule has 2 fully saturated rings. The lowest BCUT2D eigenvalue weighted by molar-refractivity contribution is -0.349. The molecule has 33 heavy (non-hydrogen) atoms. The number of rotatable bonds is 8. The van der Waals surface area contributed by atoms with Crippen LogP contribution < -0.4 is 5.32 Å². The smallest absolute Gasteiger partial charge is 0.329 e. The highest BCUT2D eigenvalue weighted by atomic mass is 16.8. The fraction of sp³-hybridized carbons (Fsp3) is 0.417. The Kier molecular flexibility index (Phi) is 7.69. The van der Waals surface area contributed by atoms with Gasteiger partial charge in [-0.1, -0.05) is 60.7 Å². The molecule has 176 valence electrons. The van der Waals surface area contributed by atoms with Crippen molar-refractivity contribution in [2.75, 3.05) is 13.2 Å². The summed E-state index contributed by atoms with van der Waals surface area (Å²) in [5.74, 6) is -1.46. The summed E-state index contributed by atoms with van der Waals surface area (Å²) >= 11 is 0. The van der Waals surface area contributed by atoms with Gasteiger partial charge in [-0.3, -0.25) is 4.79 Å². The average Bonchev–Trinajstić information content (AvgIpc) is 2.82. The van der Waals surface area contributed by atoms with Crippen molar-refractivity contribution >= 4 is 11.9 Å². The van der Waals surface area contributed by atoms with Crippen molar-refractivity contribution in [1.82, 2.24) is 5.32 Å². The van der Waals surface area contributed by atoms with Crippen LogP contribution in [0, 0.1) is 0 Å². The van der Waals surface area contributed by atoms with Crippen LogP contribution in [0.1, 0.15) is 24.3 Å². The Bertz CT molecular complexity index is 925. The summed E-state index contributed by atoms with van der Waals surface area (Å²) < 4.78 is 29.9. The summed E-state index contributed by atoms with van der Waals surface area (Å²) in [5, 5.41) is 12.0. The molecular formula is C24H27NO8. The van der Waals surface area contributed by atoms with Crippen molar-refractivity contribution in [3.8, 4) is 0 Å². The van der Waals surface area contributed by atoms with E-state index in [4.69, 9.17) is 23.7 Å². The molecule has 4 rings (SSSR count). The van der Waals surface area contributed by atoms with Crippen LogP contribution in [0.4, 0.5) is 0 Å². The van der Waals surface area contributed by atoms with Gasteiger partial charge >= 0.3 is 5.97 Å². The van der Waals surface area contributed by atoms with Crippen LogP contribution in [0.5, 0.6) is 0 Å². The molecule has 9 heteroatoms. The molecule has 2 heterocycles. The summed E-state index contributed by atoms with van der Waals surface area (Å²) in [4.78, 5) is 23.3. The Morgan fingerprint density at radius 2 is 1.73 bits per heavy atom. The number of hydrogen-bond donors (Lipinski definition) is 2. The lowest BCUT2D eigenvalue weighted by atomic mass is 9.95. The first kappa shape index (κ1) is 23.3. The van der Waals surface area contributed by atoms with Gasteiger partial charge in [0, 0.05) is 12.5 Å². The summed E-state index contributed by atoms with van der Waals surface area (Å²) in [6, 6.07) is 18.1. The fourth-order valence-electron chi connectivity index (χ4n) is 4.00. The molecular weight excluding hydrogens is 430 g/mol. The second kappa shape index (κ2) is 10.9. The van der Waals surface area contributed by atoms with Crippen LogP contribution in [0.3, 0.4) is 0 Å². The van der Waals surface area contributed by atoms with E-state index >= 15 is 0 Å². The first-order valence-corrected chi connectivity index (χ1v) is 10.7. The number of benzene rings is 2. The number of amides is 1. The predicted octanol–water partition coefficient (Wildman–Crippen LogP) is 2.02. The summed E-state index contributed by atoms with van der Waals surface area (Å²) in [7, 11) is 0. The molecule has 9 nitrogen and oxygen atoms in total. The van der Waals surface area contributed by atoms with Crippen molar-refractivity contribution in [2.45, 2.75) is 50.5 Å². The van der Waals surface area contributed by atoms with Gasteiger partial charge in [-0.25, -0.2) is 4.79 Å². The topological polar surface area (TPSA) is 113 Å². The lowest BCUT2D eigenvalue weighted by Gasteiger charge is -2.49. The predicted molar refractivity (Wildman–Crippen MR) is 115 cm³/mol. The highest BCUT2D eigenvalue weighted by Gasteiger charge is 2.51. The highest BCUT2D eigenvalue weighted by molar-refractivity contribution is 5.73. The Morgan fingerprint density at radius 3 is 2.39 bits per heavy atom. The van der Waals surface area contributed by atoms with Crippen molar-refractivity contribution in [3.63, 3.8) is 0 Å². The third kappa shape index (κ3) is 5.95. The minimum atomic E-state index is -1.13. The Morgan fingerprint density at radius 1 is 1.03 bits per heavy atom. The lowest BCUT2D eigenvalue weighted by Crippen LogP contribution is -2.67. The highest BCUT2D eigenvalue weighted by Crippen LogP contribution is 2.35. The van der Waals surface area contributed by atoms with E-state index in [1.165, 1.54) is 6.92 Å². The molecule has 0 spiro atoms. The quantitative estimate of drug-likeness (QED) is 0.619. The summed E-state index contributed by atoms with van der Waals surface area (Å²) in [6.07, 6.45) is -3.66. The molecule has 2 saturated heterocycles. The molecule has 0 radical (unpaired) electrons. The minimum Gasteiger partial charge on any atom is -0.480 e. The maximum atomic E-state index is 12.0. The number of aliphatic carboxylic acids is 1. The maximum Gasteiger partial charge on any atom is 0.329 e. The van der Waals surface area contributed by atoms with Gasteiger partial charge in [0.1, 0.15) is 31.0 Å². The summed E-state index contributed by atoms with van der Waals surface area (Å²) in [5.41, 5.74) is 1.74. The van der Waals surface area contributed by atoms with Crippen LogP contribution >= 0.6 is 0 Å². The zero-order chi connectivity index (χ0) is 23.2. The van der Waals surface area contributed by atoms with Gasteiger partial charge in [-0.2, -0.15) is 0 Å². The molecule has 0 saturated carbocycles. The number of ether oxygens (including phenoxy) is 5. The minimum absolute atomic E-state index is 0.190. The van der Waals surface area contributed by atoms with E-state index in [1.807, 2.05) is 60.7 Å². The van der Waals surface area contributed by atoms with Crippen LogP contribution in [-0.2, 0) is 39.9 Å². The number of fused-ring (bicyclic) bond motifs is 1. The first-order chi connectivity index (χ1) is 16.0. The van der Waals surface area contributed by atoms with Gasteiger partial charge < -0.3 is 34.1 Å². The standard InChI is InChI=1S/C24H27NO8/c1-15(26)25-20-22(29-14-19(27)28)21-18(13-31-23(33-21)17-10-6-3-7-11-17)32-24(20)30-12-16-8-4-2-5-9-16/h2-11,18,20-24H,12-14H2,1H3,(H,25,26)(H,27,28)/t18-,20-,21-,22-,23-,24-/m1/s1. The molecule has 0 aliphatic carbocycles. The Balaban J connectivity index is 1.56. The van der Waals surface area contributed by atoms with E-state index in [1.54, 1.807) is 0 Å². The van der Waals surface area contributed by atoms with Gasteiger partial charge in [-0.15, -0.1) is 0 Å². The van der Waals surface area contributed by atoms with Crippen molar-refractivity contribution in [2.24, 2.45) is 0 Å². The zero-order valence-electron chi connectivity index (χ0n) is 18.2. The van der Waals surface area contributed by atoms with E-state index in [-0.39, 0.29) is 19.1 Å². The van der Waals surface area contributed by atoms with E-state index in [0.717, 1.165) is 11.1 Å². The zero-order valence-corrected chi connectivity index (χ0v) is 18.2. The third-order valence-corrected chi connectivity index (χ3v) is 5.44. The first-order valence-electron chi connectivity index (χ1n) is 10.7. The van der Waals surface area contributed by atoms with E-state index in [9.17, 15) is 14.7 Å². The monoisotopic (exact) mass is 457 g/mol. The molecule has 2 aliphatic rings. The van der Waals surface area contributed by atoms with E-state index < -0.39 is 49.5 Å². The number of hydrogen-bond acceptors (Lipinski definition) is 7. The number of nitrogens with one attached hydrogen (secondary N) is 1. The van der Waals surface area contributed by atoms with Crippen LogP contribution in [-0.4, -0.2) is 60.8 Å². The summed E-state index contributed by atoms with van der Waals surface area (Å²) in [6.45, 7) is 1.23. The average molecular weight is 457 g/mol. The molecule has 0 bridgehead atoms. The van der Waals surface area contributed by atoms with Crippen molar-refractivity contribution in [1.29, 1.82) is 0 Å². The SMILES string of the molecule is CC(=O)N[C@H]1[C@H](OCc2ccccc2)O[C@@H]2CO[C@@H](c3ccccc3)O[C@H]2[C@@H]1OCC(=O)O. The van der Waals surface area contributed by atoms with Crippen LogP contribution in [0.2, 0.25) is 0 Å². The third-order valence-electron chi connectivity index (χ3n) is 5.44. The molecule has 6 atom stereocenters. The van der Waals surface area contributed by atoms with Gasteiger partial charge in [0.05, 0.1) is 13.2 Å². The Hall–Kier alpha value is -2.82. The number of carboxylic acids is 1. The molecule has 0 unspecified atom stereocenters. The van der Waals surface area contributed by atoms with Crippen molar-refractivity contribution in [3.05, 3.63) is 71.8 Å². The molecule has 2 N–H and O–H groups in total. The van der Waals surface area contributed by atoms with Crippen LogP contribution in [0.15, 0.2) is 60.7 Å². The largest absolute Gasteiger partial charge is 0.480 e. The van der Waals surface area contributed by atoms with Gasteiger partial charge in [0.2, 0.25) is 5.91 Å². The molecule has 0 aromatic heterocycles. The van der Waals surface area contributed by atoms with Gasteiger partial charge in [0.25, 0.3) is 0 Å². The van der Waals surface area contributed by atoms with Gasteiger partial charge in [0.15, 0.2) is 12.6 Å². The normalized spacial score (nSPS) is 29.1. The Labute approximate surface area is 191 Å². The molecule has 1 amide bonds. The van der Waals surface area contributed by atoms with E-state index in [0.29, 0.717) is 0 Å². The van der Waals surface area contributed by atoms with Gasteiger partial charge in [-0.05, 0) is 5.56 Å². The number of carbonyl (C=O) groups is 2. The second-order valence-electron chi connectivity index (χ2n) is 7.91. The second-order valence-corrected chi connectivity index (χ2v) is 7.91. The number of carboxylic acid groups (broad SMARTS) is 1. The van der Waals surface area contributed by atoms with E-state index in [2.05, 4.69) is 5.32 Å². The molecule has 2 aromatic rings. The fourth-order valence-corrected chi connectivity index (χ4v) is 4.00.